The minimum absolute atomic E-state index is 1.17. The van der Waals surface area contributed by atoms with Gasteiger partial charge in [-0.3, -0.25) is 0 Å². The van der Waals surface area contributed by atoms with E-state index in [1.165, 1.54) is 0 Å². The molecule has 1 aromatic carbocycles. The van der Waals surface area contributed by atoms with Crippen molar-refractivity contribution < 1.29 is 22.0 Å². The van der Waals surface area contributed by atoms with Crippen molar-refractivity contribution in [3.05, 3.63) is 29.1 Å². The van der Waals surface area contributed by atoms with Crippen LogP contribution in [0.4, 0.5) is 27.6 Å². The Kier molecular flexibility index (Phi) is 2.65. The van der Waals surface area contributed by atoms with Crippen molar-refractivity contribution in [3.63, 3.8) is 0 Å². The predicted octanol–water partition coefficient (Wildman–Crippen LogP) is 2.64. The van der Waals surface area contributed by atoms with Crippen LogP contribution < -0.4 is 4.72 Å². The van der Waals surface area contributed by atoms with Gasteiger partial charge in [0.15, 0.2) is 23.3 Å². The summed E-state index contributed by atoms with van der Waals surface area (Å²) in [6.45, 7) is 0. The Morgan fingerprint density at radius 1 is 0.692 bits per heavy atom. The first-order valence-electron chi connectivity index (χ1n) is 2.92. The molecule has 1 rings (SSSR count). The molecule has 72 valence electrons. The maximum atomic E-state index is 12.6. The third-order valence-corrected chi connectivity index (χ3v) is 1.55. The standard InChI is InChI=1S/C6H2F5NS/c7-1-2(8)4(10)6(12-13)5(11)3(1)9/h12-13H. The Labute approximate surface area is 75.1 Å². The summed E-state index contributed by atoms with van der Waals surface area (Å²) in [6.07, 6.45) is 0. The largest absolute Gasteiger partial charge is 0.327 e. The zero-order valence-corrected chi connectivity index (χ0v) is 6.73. The molecule has 0 aromatic heterocycles. The minimum atomic E-state index is -2.19. The maximum absolute atomic E-state index is 12.6. The molecule has 1 nitrogen and oxygen atoms in total. The molecule has 0 atom stereocenters. The van der Waals surface area contributed by atoms with Crippen LogP contribution in [0.2, 0.25) is 0 Å². The van der Waals surface area contributed by atoms with E-state index in [1.54, 1.807) is 4.72 Å². The molecule has 13 heavy (non-hydrogen) atoms. The highest BCUT2D eigenvalue weighted by Gasteiger charge is 2.24. The fraction of sp³-hybridized carbons (Fsp3) is 0. The van der Waals surface area contributed by atoms with E-state index in [0.29, 0.717) is 0 Å². The summed E-state index contributed by atoms with van der Waals surface area (Å²) in [6, 6.07) is 0. The number of anilines is 1. The van der Waals surface area contributed by atoms with Crippen LogP contribution in [0.25, 0.3) is 0 Å². The molecule has 0 aliphatic heterocycles. The predicted molar refractivity (Wildman–Crippen MR) is 38.8 cm³/mol. The van der Waals surface area contributed by atoms with Crippen LogP contribution in [0.3, 0.4) is 0 Å². The van der Waals surface area contributed by atoms with Crippen molar-refractivity contribution in [2.45, 2.75) is 0 Å². The van der Waals surface area contributed by atoms with E-state index in [9.17, 15) is 22.0 Å². The lowest BCUT2D eigenvalue weighted by Gasteiger charge is -2.05. The molecule has 0 spiro atoms. The smallest absolute Gasteiger partial charge is 0.200 e. The molecular formula is C6H2F5NS. The van der Waals surface area contributed by atoms with Gasteiger partial charge in [0.1, 0.15) is 5.69 Å². The molecule has 7 heteroatoms. The molecule has 0 unspecified atom stereocenters. The first kappa shape index (κ1) is 10.1. The van der Waals surface area contributed by atoms with Gasteiger partial charge in [0, 0.05) is 0 Å². The molecule has 0 bridgehead atoms. The molecule has 0 saturated carbocycles. The zero-order chi connectivity index (χ0) is 10.2. The molecule has 0 radical (unpaired) electrons. The van der Waals surface area contributed by atoms with E-state index >= 15 is 0 Å². The molecule has 0 heterocycles. The van der Waals surface area contributed by atoms with E-state index in [0.717, 1.165) is 0 Å². The molecule has 0 amide bonds. The lowest BCUT2D eigenvalue weighted by Crippen LogP contribution is -2.04. The molecule has 0 saturated heterocycles. The van der Waals surface area contributed by atoms with Crippen LogP contribution in [0.15, 0.2) is 0 Å². The minimum Gasteiger partial charge on any atom is -0.327 e. The first-order chi connectivity index (χ1) is 6.00. The Hall–Kier alpha value is -0.980. The van der Waals surface area contributed by atoms with E-state index in [4.69, 9.17) is 0 Å². The molecule has 0 fully saturated rings. The summed E-state index contributed by atoms with van der Waals surface area (Å²) in [5.74, 6) is -10.1. The van der Waals surface area contributed by atoms with E-state index in [-0.39, 0.29) is 0 Å². The number of thiol groups is 1. The summed E-state index contributed by atoms with van der Waals surface area (Å²) < 4.78 is 63.8. The third kappa shape index (κ3) is 1.43. The van der Waals surface area contributed by atoms with Crippen LogP contribution >= 0.6 is 12.8 Å². The Morgan fingerprint density at radius 3 is 1.31 bits per heavy atom. The third-order valence-electron chi connectivity index (χ3n) is 1.32. The summed E-state index contributed by atoms with van der Waals surface area (Å²) in [4.78, 5) is 0. The SMILES string of the molecule is Fc1c(F)c(F)c(NS)c(F)c1F. The molecule has 0 aliphatic carbocycles. The monoisotopic (exact) mass is 215 g/mol. The highest BCUT2D eigenvalue weighted by atomic mass is 32.1. The van der Waals surface area contributed by atoms with Gasteiger partial charge in [-0.15, -0.1) is 0 Å². The van der Waals surface area contributed by atoms with Crippen LogP contribution in [0.5, 0.6) is 0 Å². The van der Waals surface area contributed by atoms with Crippen molar-refractivity contribution in [1.29, 1.82) is 0 Å². The fourth-order valence-corrected chi connectivity index (χ4v) is 0.899. The average Bonchev–Trinajstić information content (AvgIpc) is 2.13. The van der Waals surface area contributed by atoms with Gasteiger partial charge in [-0.2, -0.15) is 0 Å². The Morgan fingerprint density at radius 2 is 1.00 bits per heavy atom. The van der Waals surface area contributed by atoms with E-state index < -0.39 is 34.8 Å². The maximum Gasteiger partial charge on any atom is 0.200 e. The highest BCUT2D eigenvalue weighted by molar-refractivity contribution is 7.81. The van der Waals surface area contributed by atoms with E-state index in [2.05, 4.69) is 12.8 Å². The van der Waals surface area contributed by atoms with Crippen LogP contribution in [0, 0.1) is 29.1 Å². The van der Waals surface area contributed by atoms with Crippen LogP contribution in [0.1, 0.15) is 0 Å². The normalized spacial score (nSPS) is 10.3. The van der Waals surface area contributed by atoms with Gasteiger partial charge >= 0.3 is 0 Å². The van der Waals surface area contributed by atoms with Crippen molar-refractivity contribution in [2.24, 2.45) is 0 Å². The molecule has 0 aliphatic rings. The van der Waals surface area contributed by atoms with Gasteiger partial charge in [-0.25, -0.2) is 22.0 Å². The molecule has 1 N–H and O–H groups in total. The quantitative estimate of drug-likeness (QED) is 0.317. The first-order valence-corrected chi connectivity index (χ1v) is 3.37. The van der Waals surface area contributed by atoms with Gasteiger partial charge < -0.3 is 4.72 Å². The summed E-state index contributed by atoms with van der Waals surface area (Å²) in [5.41, 5.74) is -1.17. The van der Waals surface area contributed by atoms with Gasteiger partial charge in [0.05, 0.1) is 0 Å². The zero-order valence-electron chi connectivity index (χ0n) is 5.84. The van der Waals surface area contributed by atoms with Crippen LogP contribution in [-0.4, -0.2) is 0 Å². The van der Waals surface area contributed by atoms with Crippen LogP contribution in [-0.2, 0) is 0 Å². The summed E-state index contributed by atoms with van der Waals surface area (Å²) >= 11 is 3.19. The molecule has 1 aromatic rings. The average molecular weight is 215 g/mol. The van der Waals surface area contributed by atoms with E-state index in [1.807, 2.05) is 0 Å². The second-order valence-corrected chi connectivity index (χ2v) is 2.28. The van der Waals surface area contributed by atoms with Crippen molar-refractivity contribution in [2.75, 3.05) is 4.72 Å². The Bertz CT molecular complexity index is 324. The summed E-state index contributed by atoms with van der Waals surface area (Å²) in [5, 5.41) is 0. The topological polar surface area (TPSA) is 12.0 Å². The second-order valence-electron chi connectivity index (χ2n) is 2.06. The number of hydrogen-bond donors (Lipinski definition) is 2. The Balaban J connectivity index is 3.56. The fourth-order valence-electron chi connectivity index (χ4n) is 0.703. The van der Waals surface area contributed by atoms with Crippen molar-refractivity contribution in [1.82, 2.24) is 0 Å². The molecular weight excluding hydrogens is 213 g/mol. The number of nitrogens with one attached hydrogen (secondary N) is 1. The van der Waals surface area contributed by atoms with Gasteiger partial charge in [0.25, 0.3) is 0 Å². The number of hydrogen-bond acceptors (Lipinski definition) is 2. The lowest BCUT2D eigenvalue weighted by atomic mass is 10.2. The van der Waals surface area contributed by atoms with Crippen molar-refractivity contribution >= 4 is 18.5 Å². The second kappa shape index (κ2) is 3.41. The van der Waals surface area contributed by atoms with Crippen molar-refractivity contribution in [3.8, 4) is 0 Å². The summed E-state index contributed by atoms with van der Waals surface area (Å²) in [7, 11) is 0. The number of rotatable bonds is 1. The van der Waals surface area contributed by atoms with Gasteiger partial charge in [-0.05, 0) is 0 Å². The highest BCUT2D eigenvalue weighted by Crippen LogP contribution is 2.27. The van der Waals surface area contributed by atoms with Gasteiger partial charge in [0.2, 0.25) is 5.82 Å². The lowest BCUT2D eigenvalue weighted by molar-refractivity contribution is 0.382. The number of halogens is 5. The number of benzene rings is 1. The van der Waals surface area contributed by atoms with Gasteiger partial charge in [-0.1, -0.05) is 12.8 Å².